The molecule has 2 unspecified atom stereocenters. The van der Waals surface area contributed by atoms with Crippen molar-refractivity contribution in [2.24, 2.45) is 0 Å². The van der Waals surface area contributed by atoms with E-state index in [-0.39, 0.29) is 0 Å². The number of nitrogens with one attached hydrogen (secondary N) is 1. The van der Waals surface area contributed by atoms with Gasteiger partial charge >= 0.3 is 12.1 Å². The van der Waals surface area contributed by atoms with E-state index in [0.717, 1.165) is 0 Å². The fourth-order valence-corrected chi connectivity index (χ4v) is 2.14. The molecule has 0 heterocycles. The fraction of sp³-hybridized carbons (Fsp3) is 0.222. The third-order valence-corrected chi connectivity index (χ3v) is 3.46. The summed E-state index contributed by atoms with van der Waals surface area (Å²) >= 11 is 0. The van der Waals surface area contributed by atoms with Gasteiger partial charge in [0.05, 0.1) is 14.2 Å². The molecule has 0 bridgehead atoms. The summed E-state index contributed by atoms with van der Waals surface area (Å²) in [6.45, 7) is 0. The molecule has 0 spiro atoms. The third kappa shape index (κ3) is 4.95. The van der Waals surface area contributed by atoms with E-state index < -0.39 is 24.2 Å². The van der Waals surface area contributed by atoms with E-state index in [9.17, 15) is 14.7 Å². The minimum atomic E-state index is -1.32. The van der Waals surface area contributed by atoms with Crippen molar-refractivity contribution in [2.75, 3.05) is 14.2 Å². The zero-order chi connectivity index (χ0) is 18.2. The van der Waals surface area contributed by atoms with Crippen LogP contribution in [0.5, 0.6) is 11.5 Å². The number of benzene rings is 2. The molecule has 0 aliphatic rings. The molecule has 0 radical (unpaired) electrons. The van der Waals surface area contributed by atoms with Crippen LogP contribution in [0.1, 0.15) is 11.7 Å². The number of para-hydroxylation sites is 1. The monoisotopic (exact) mass is 345 g/mol. The topological polar surface area (TPSA) is 94.1 Å². The quantitative estimate of drug-likeness (QED) is 0.778. The van der Waals surface area contributed by atoms with Gasteiger partial charge in [-0.05, 0) is 29.8 Å². The van der Waals surface area contributed by atoms with E-state index in [4.69, 9.17) is 9.47 Å². The number of hydrogen-bond acceptors (Lipinski definition) is 6. The van der Waals surface area contributed by atoms with Crippen molar-refractivity contribution in [3.8, 4) is 11.5 Å². The van der Waals surface area contributed by atoms with E-state index >= 15 is 0 Å². The number of rotatable bonds is 6. The highest BCUT2D eigenvalue weighted by atomic mass is 16.6. The van der Waals surface area contributed by atoms with Gasteiger partial charge in [-0.2, -0.15) is 0 Å². The van der Waals surface area contributed by atoms with Crippen LogP contribution in [0.25, 0.3) is 0 Å². The Morgan fingerprint density at radius 1 is 0.960 bits per heavy atom. The molecule has 2 rings (SSSR count). The maximum Gasteiger partial charge on any atom is 0.413 e. The summed E-state index contributed by atoms with van der Waals surface area (Å²) in [5, 5.41) is 12.8. The molecule has 1 amide bonds. The van der Waals surface area contributed by atoms with Gasteiger partial charge in [0.25, 0.3) is 0 Å². The van der Waals surface area contributed by atoms with Crippen molar-refractivity contribution in [3.05, 3.63) is 60.2 Å². The van der Waals surface area contributed by atoms with Crippen molar-refractivity contribution in [2.45, 2.75) is 12.1 Å². The average Bonchev–Trinajstić information content (AvgIpc) is 2.66. The molecule has 0 aliphatic heterocycles. The van der Waals surface area contributed by atoms with Crippen LogP contribution in [0.2, 0.25) is 0 Å². The number of aliphatic hydroxyl groups is 1. The zero-order valence-corrected chi connectivity index (χ0v) is 13.8. The summed E-state index contributed by atoms with van der Waals surface area (Å²) in [7, 11) is 2.68. The molecule has 25 heavy (non-hydrogen) atoms. The molecule has 7 heteroatoms. The van der Waals surface area contributed by atoms with Gasteiger partial charge in [0.2, 0.25) is 0 Å². The highest BCUT2D eigenvalue weighted by molar-refractivity contribution is 5.82. The average molecular weight is 345 g/mol. The summed E-state index contributed by atoms with van der Waals surface area (Å²) in [6.07, 6.45) is -2.20. The number of carbonyl (C=O) groups excluding carboxylic acids is 2. The van der Waals surface area contributed by atoms with Gasteiger partial charge in [-0.15, -0.1) is 0 Å². The SMILES string of the molecule is COC(=O)C(NC(=O)Oc1ccccc1)C(O)c1ccc(OC)cc1. The number of methoxy groups -OCH3 is 2. The van der Waals surface area contributed by atoms with Crippen LogP contribution < -0.4 is 14.8 Å². The van der Waals surface area contributed by atoms with E-state index in [1.807, 2.05) is 0 Å². The molecule has 2 aromatic carbocycles. The molecular weight excluding hydrogens is 326 g/mol. The Kier molecular flexibility index (Phi) is 6.36. The van der Waals surface area contributed by atoms with Crippen molar-refractivity contribution < 1.29 is 28.9 Å². The van der Waals surface area contributed by atoms with Crippen LogP contribution in [0.15, 0.2) is 54.6 Å². The predicted octanol–water partition coefficient (Wildman–Crippen LogP) is 2.06. The summed E-state index contributed by atoms with van der Waals surface area (Å²) in [6, 6.07) is 13.5. The van der Waals surface area contributed by atoms with Crippen LogP contribution in [-0.2, 0) is 9.53 Å². The van der Waals surface area contributed by atoms with E-state index in [2.05, 4.69) is 10.1 Å². The second-order valence-electron chi connectivity index (χ2n) is 5.07. The Hall–Kier alpha value is -3.06. The highest BCUT2D eigenvalue weighted by Crippen LogP contribution is 2.21. The van der Waals surface area contributed by atoms with E-state index in [1.165, 1.54) is 14.2 Å². The Morgan fingerprint density at radius 2 is 1.60 bits per heavy atom. The number of amides is 1. The van der Waals surface area contributed by atoms with Crippen molar-refractivity contribution in [1.82, 2.24) is 5.32 Å². The van der Waals surface area contributed by atoms with E-state index in [1.54, 1.807) is 54.6 Å². The Bertz CT molecular complexity index is 701. The van der Waals surface area contributed by atoms with Gasteiger partial charge in [0.15, 0.2) is 6.04 Å². The van der Waals surface area contributed by atoms with E-state index in [0.29, 0.717) is 17.1 Å². The van der Waals surface area contributed by atoms with Crippen LogP contribution >= 0.6 is 0 Å². The first-order valence-electron chi connectivity index (χ1n) is 7.48. The molecule has 0 fully saturated rings. The molecular formula is C18H19NO6. The smallest absolute Gasteiger partial charge is 0.413 e. The zero-order valence-electron chi connectivity index (χ0n) is 13.8. The first kappa shape index (κ1) is 18.3. The largest absolute Gasteiger partial charge is 0.497 e. The number of esters is 1. The summed E-state index contributed by atoms with van der Waals surface area (Å²) in [5.74, 6) is 0.109. The minimum Gasteiger partial charge on any atom is -0.497 e. The Balaban J connectivity index is 2.11. The number of hydrogen-bond donors (Lipinski definition) is 2. The Morgan fingerprint density at radius 3 is 2.16 bits per heavy atom. The lowest BCUT2D eigenvalue weighted by Crippen LogP contribution is -2.46. The van der Waals surface area contributed by atoms with Crippen molar-refractivity contribution >= 4 is 12.1 Å². The van der Waals surface area contributed by atoms with Crippen LogP contribution in [0.4, 0.5) is 4.79 Å². The van der Waals surface area contributed by atoms with Gasteiger partial charge in [-0.3, -0.25) is 0 Å². The molecule has 0 aromatic heterocycles. The van der Waals surface area contributed by atoms with Crippen molar-refractivity contribution in [1.29, 1.82) is 0 Å². The number of carbonyl (C=O) groups is 2. The third-order valence-electron chi connectivity index (χ3n) is 3.46. The Labute approximate surface area is 145 Å². The van der Waals surface area contributed by atoms with Gasteiger partial charge < -0.3 is 24.6 Å². The van der Waals surface area contributed by atoms with Gasteiger partial charge in [-0.25, -0.2) is 9.59 Å². The second kappa shape index (κ2) is 8.70. The van der Waals surface area contributed by atoms with Crippen LogP contribution in [0.3, 0.4) is 0 Å². The summed E-state index contributed by atoms with van der Waals surface area (Å²) in [5.41, 5.74) is 0.413. The molecule has 2 N–H and O–H groups in total. The van der Waals surface area contributed by atoms with Gasteiger partial charge in [-0.1, -0.05) is 30.3 Å². The lowest BCUT2D eigenvalue weighted by molar-refractivity contribution is -0.146. The van der Waals surface area contributed by atoms with Crippen LogP contribution in [-0.4, -0.2) is 37.4 Å². The maximum absolute atomic E-state index is 12.0. The standard InChI is InChI=1S/C18H19NO6/c1-23-13-10-8-12(9-11-13)16(20)15(17(21)24-2)19-18(22)25-14-6-4-3-5-7-14/h3-11,15-16,20H,1-2H3,(H,19,22). The first-order chi connectivity index (χ1) is 12.0. The normalized spacial score (nSPS) is 12.6. The summed E-state index contributed by atoms with van der Waals surface area (Å²) < 4.78 is 14.8. The van der Waals surface area contributed by atoms with Gasteiger partial charge in [0, 0.05) is 0 Å². The lowest BCUT2D eigenvalue weighted by atomic mass is 10.0. The molecule has 0 saturated carbocycles. The minimum absolute atomic E-state index is 0.308. The van der Waals surface area contributed by atoms with Gasteiger partial charge in [0.1, 0.15) is 17.6 Å². The molecule has 2 atom stereocenters. The molecule has 132 valence electrons. The highest BCUT2D eigenvalue weighted by Gasteiger charge is 2.31. The first-order valence-corrected chi connectivity index (χ1v) is 7.48. The second-order valence-corrected chi connectivity index (χ2v) is 5.07. The maximum atomic E-state index is 12.0. The van der Waals surface area contributed by atoms with Crippen LogP contribution in [0, 0.1) is 0 Å². The number of ether oxygens (including phenoxy) is 3. The lowest BCUT2D eigenvalue weighted by Gasteiger charge is -2.22. The fourth-order valence-electron chi connectivity index (χ4n) is 2.14. The molecule has 2 aromatic rings. The molecule has 0 aliphatic carbocycles. The summed E-state index contributed by atoms with van der Waals surface area (Å²) in [4.78, 5) is 24.0. The van der Waals surface area contributed by atoms with Crippen molar-refractivity contribution in [3.63, 3.8) is 0 Å². The predicted molar refractivity (Wildman–Crippen MR) is 89.4 cm³/mol. The molecule has 0 saturated heterocycles. The number of aliphatic hydroxyl groups excluding tert-OH is 1. The molecule has 7 nitrogen and oxygen atoms in total.